The molecule has 0 fully saturated rings. The molecule has 0 spiro atoms. The molecule has 0 aromatic rings. The van der Waals surface area contributed by atoms with E-state index in [0.29, 0.717) is 12.8 Å². The minimum absolute atomic E-state index is 0.0861. The average molecular weight is 186 g/mol. The first-order chi connectivity index (χ1) is 5.77. The molecule has 2 nitrogen and oxygen atoms in total. The van der Waals surface area contributed by atoms with Gasteiger partial charge in [0.2, 0.25) is 0 Å². The van der Waals surface area contributed by atoms with Crippen LogP contribution in [0.4, 0.5) is 0 Å². The summed E-state index contributed by atoms with van der Waals surface area (Å²) in [6.07, 6.45) is 1.06. The SMILES string of the molecule is CC(C)C(=O)CCC(C)(O)C(C)C. The fourth-order valence-corrected chi connectivity index (χ4v) is 0.954. The van der Waals surface area contributed by atoms with Crippen LogP contribution in [0.2, 0.25) is 0 Å². The standard InChI is InChI=1S/C11H22O2/c1-8(2)10(12)6-7-11(5,13)9(3)4/h8-9,13H,6-7H2,1-5H3. The van der Waals surface area contributed by atoms with Gasteiger partial charge in [-0.15, -0.1) is 0 Å². The second-order valence-electron chi connectivity index (χ2n) is 4.63. The van der Waals surface area contributed by atoms with E-state index in [4.69, 9.17) is 0 Å². The molecule has 0 rings (SSSR count). The van der Waals surface area contributed by atoms with Crippen LogP contribution >= 0.6 is 0 Å². The maximum absolute atomic E-state index is 11.3. The number of Topliss-reactive ketones (excluding diaryl/α,β-unsaturated/α-hetero) is 1. The Labute approximate surface area is 81.3 Å². The molecule has 1 unspecified atom stereocenters. The molecular weight excluding hydrogens is 164 g/mol. The molecule has 78 valence electrons. The molecule has 0 saturated carbocycles. The smallest absolute Gasteiger partial charge is 0.135 e. The van der Waals surface area contributed by atoms with Gasteiger partial charge in [-0.2, -0.15) is 0 Å². The Morgan fingerprint density at radius 1 is 1.31 bits per heavy atom. The van der Waals surface area contributed by atoms with Gasteiger partial charge in [0.25, 0.3) is 0 Å². The molecule has 2 heteroatoms. The van der Waals surface area contributed by atoms with Gasteiger partial charge in [-0.25, -0.2) is 0 Å². The zero-order chi connectivity index (χ0) is 10.6. The lowest BCUT2D eigenvalue weighted by Gasteiger charge is -2.27. The molecular formula is C11H22O2. The zero-order valence-corrected chi connectivity index (χ0v) is 9.42. The number of ketones is 1. The number of hydrogen-bond acceptors (Lipinski definition) is 2. The van der Waals surface area contributed by atoms with Crippen molar-refractivity contribution in [3.8, 4) is 0 Å². The molecule has 13 heavy (non-hydrogen) atoms. The lowest BCUT2D eigenvalue weighted by atomic mass is 9.86. The first-order valence-electron chi connectivity index (χ1n) is 5.02. The lowest BCUT2D eigenvalue weighted by molar-refractivity contribution is -0.123. The van der Waals surface area contributed by atoms with E-state index in [2.05, 4.69) is 0 Å². The maximum Gasteiger partial charge on any atom is 0.135 e. The van der Waals surface area contributed by atoms with E-state index in [0.717, 1.165) is 0 Å². The van der Waals surface area contributed by atoms with E-state index in [-0.39, 0.29) is 17.6 Å². The Kier molecular flexibility index (Phi) is 4.62. The minimum Gasteiger partial charge on any atom is -0.390 e. The number of carbonyl (C=O) groups is 1. The van der Waals surface area contributed by atoms with Crippen LogP contribution in [-0.4, -0.2) is 16.5 Å². The predicted octanol–water partition coefficient (Wildman–Crippen LogP) is 2.40. The van der Waals surface area contributed by atoms with Gasteiger partial charge in [0.15, 0.2) is 0 Å². The predicted molar refractivity (Wildman–Crippen MR) is 54.5 cm³/mol. The number of rotatable bonds is 5. The fourth-order valence-electron chi connectivity index (χ4n) is 0.954. The van der Waals surface area contributed by atoms with Gasteiger partial charge in [-0.05, 0) is 19.3 Å². The van der Waals surface area contributed by atoms with E-state index in [1.807, 2.05) is 27.7 Å². The van der Waals surface area contributed by atoms with E-state index in [1.165, 1.54) is 0 Å². The van der Waals surface area contributed by atoms with Gasteiger partial charge >= 0.3 is 0 Å². The largest absolute Gasteiger partial charge is 0.390 e. The summed E-state index contributed by atoms with van der Waals surface area (Å²) in [5.41, 5.74) is -0.704. The van der Waals surface area contributed by atoms with Crippen LogP contribution in [0.5, 0.6) is 0 Å². The third-order valence-electron chi connectivity index (χ3n) is 2.77. The number of aliphatic hydroxyl groups is 1. The molecule has 0 aliphatic heterocycles. The van der Waals surface area contributed by atoms with E-state index in [1.54, 1.807) is 6.92 Å². The van der Waals surface area contributed by atoms with Crippen molar-refractivity contribution in [3.05, 3.63) is 0 Å². The molecule has 0 radical (unpaired) electrons. The van der Waals surface area contributed by atoms with Gasteiger partial charge in [0, 0.05) is 12.3 Å². The monoisotopic (exact) mass is 186 g/mol. The van der Waals surface area contributed by atoms with Crippen LogP contribution in [-0.2, 0) is 4.79 Å². The first-order valence-corrected chi connectivity index (χ1v) is 5.02. The molecule has 0 heterocycles. The molecule has 0 amide bonds. The van der Waals surface area contributed by atoms with Crippen molar-refractivity contribution in [1.29, 1.82) is 0 Å². The second-order valence-corrected chi connectivity index (χ2v) is 4.63. The first kappa shape index (κ1) is 12.6. The van der Waals surface area contributed by atoms with Gasteiger partial charge in [-0.3, -0.25) is 4.79 Å². The second kappa shape index (κ2) is 4.75. The molecule has 0 aromatic heterocycles. The van der Waals surface area contributed by atoms with Crippen molar-refractivity contribution >= 4 is 5.78 Å². The van der Waals surface area contributed by atoms with Crippen molar-refractivity contribution in [2.45, 2.75) is 53.1 Å². The minimum atomic E-state index is -0.704. The molecule has 0 bridgehead atoms. The van der Waals surface area contributed by atoms with E-state index < -0.39 is 5.60 Å². The molecule has 1 atom stereocenters. The van der Waals surface area contributed by atoms with Crippen molar-refractivity contribution in [1.82, 2.24) is 0 Å². The summed E-state index contributed by atoms with van der Waals surface area (Å²) in [7, 11) is 0. The average Bonchev–Trinajstić information content (AvgIpc) is 1.99. The van der Waals surface area contributed by atoms with Crippen LogP contribution in [0.25, 0.3) is 0 Å². The zero-order valence-electron chi connectivity index (χ0n) is 9.42. The van der Waals surface area contributed by atoms with Crippen molar-refractivity contribution in [2.75, 3.05) is 0 Å². The Hall–Kier alpha value is -0.370. The van der Waals surface area contributed by atoms with E-state index in [9.17, 15) is 9.90 Å². The molecule has 0 aromatic carbocycles. The summed E-state index contributed by atoms with van der Waals surface area (Å²) in [6.45, 7) is 9.53. The Balaban J connectivity index is 3.95. The topological polar surface area (TPSA) is 37.3 Å². The van der Waals surface area contributed by atoms with Crippen molar-refractivity contribution in [2.24, 2.45) is 11.8 Å². The lowest BCUT2D eigenvalue weighted by Crippen LogP contribution is -2.32. The van der Waals surface area contributed by atoms with Crippen molar-refractivity contribution < 1.29 is 9.90 Å². The summed E-state index contributed by atoms with van der Waals surface area (Å²) in [6, 6.07) is 0. The van der Waals surface area contributed by atoms with Gasteiger partial charge in [0.05, 0.1) is 5.60 Å². The molecule has 1 N–H and O–H groups in total. The third-order valence-corrected chi connectivity index (χ3v) is 2.77. The number of hydrogen-bond donors (Lipinski definition) is 1. The summed E-state index contributed by atoms with van der Waals surface area (Å²) in [5, 5.41) is 9.87. The van der Waals surface area contributed by atoms with Crippen LogP contribution < -0.4 is 0 Å². The summed E-state index contributed by atoms with van der Waals surface area (Å²) in [5.74, 6) is 0.524. The third kappa shape index (κ3) is 4.41. The summed E-state index contributed by atoms with van der Waals surface area (Å²) in [4.78, 5) is 11.3. The summed E-state index contributed by atoms with van der Waals surface area (Å²) < 4.78 is 0. The maximum atomic E-state index is 11.3. The highest BCUT2D eigenvalue weighted by molar-refractivity contribution is 5.80. The van der Waals surface area contributed by atoms with Gasteiger partial charge < -0.3 is 5.11 Å². The van der Waals surface area contributed by atoms with Crippen molar-refractivity contribution in [3.63, 3.8) is 0 Å². The number of carbonyl (C=O) groups excluding carboxylic acids is 1. The quantitative estimate of drug-likeness (QED) is 0.716. The summed E-state index contributed by atoms with van der Waals surface area (Å²) >= 11 is 0. The Morgan fingerprint density at radius 3 is 2.08 bits per heavy atom. The van der Waals surface area contributed by atoms with Crippen LogP contribution in [0.1, 0.15) is 47.5 Å². The fraction of sp³-hybridized carbons (Fsp3) is 0.909. The van der Waals surface area contributed by atoms with Crippen LogP contribution in [0.3, 0.4) is 0 Å². The highest BCUT2D eigenvalue weighted by Crippen LogP contribution is 2.22. The van der Waals surface area contributed by atoms with Crippen LogP contribution in [0, 0.1) is 11.8 Å². The van der Waals surface area contributed by atoms with E-state index >= 15 is 0 Å². The highest BCUT2D eigenvalue weighted by atomic mass is 16.3. The van der Waals surface area contributed by atoms with Crippen LogP contribution in [0.15, 0.2) is 0 Å². The highest BCUT2D eigenvalue weighted by Gasteiger charge is 2.25. The molecule has 0 aliphatic carbocycles. The molecule has 0 aliphatic rings. The Morgan fingerprint density at radius 2 is 1.77 bits per heavy atom. The normalized spacial score (nSPS) is 16.3. The van der Waals surface area contributed by atoms with Gasteiger partial charge in [-0.1, -0.05) is 27.7 Å². The molecule has 0 saturated heterocycles. The Bertz CT molecular complexity index is 169. The van der Waals surface area contributed by atoms with Gasteiger partial charge in [0.1, 0.15) is 5.78 Å².